The average molecular weight is 341 g/mol. The topological polar surface area (TPSA) is 187 Å². The number of aromatic amines is 1. The first-order valence-electron chi connectivity index (χ1n) is 6.99. The molecule has 0 fully saturated rings. The summed E-state index contributed by atoms with van der Waals surface area (Å²) in [6.45, 7) is 1.33. The Hall–Kier alpha value is -2.95. The van der Waals surface area contributed by atoms with Gasteiger partial charge in [0.1, 0.15) is 12.1 Å². The number of H-pyrrole nitrogens is 1. The molecule has 7 N–H and O–H groups in total. The van der Waals surface area contributed by atoms with Crippen LogP contribution in [0.15, 0.2) is 12.5 Å². The molecule has 0 aliphatic rings. The molecule has 0 aliphatic heterocycles. The van der Waals surface area contributed by atoms with Crippen LogP contribution < -0.4 is 16.4 Å². The third kappa shape index (κ3) is 6.04. The van der Waals surface area contributed by atoms with E-state index in [0.29, 0.717) is 5.69 Å². The van der Waals surface area contributed by atoms with Crippen molar-refractivity contribution in [2.75, 3.05) is 0 Å². The lowest BCUT2D eigenvalue weighted by Crippen LogP contribution is -2.54. The van der Waals surface area contributed by atoms with Crippen LogP contribution in [0.4, 0.5) is 0 Å². The lowest BCUT2D eigenvalue weighted by molar-refractivity contribution is -0.142. The van der Waals surface area contributed by atoms with Crippen molar-refractivity contribution in [1.29, 1.82) is 0 Å². The number of aromatic nitrogens is 2. The summed E-state index contributed by atoms with van der Waals surface area (Å²) < 4.78 is 0. The Kier molecular flexibility index (Phi) is 6.86. The maximum atomic E-state index is 12.0. The number of carbonyl (C=O) groups is 4. The van der Waals surface area contributed by atoms with Gasteiger partial charge in [-0.25, -0.2) is 9.78 Å². The zero-order chi connectivity index (χ0) is 18.3. The van der Waals surface area contributed by atoms with E-state index in [9.17, 15) is 19.2 Å². The lowest BCUT2D eigenvalue weighted by atomic mass is 10.1. The summed E-state index contributed by atoms with van der Waals surface area (Å²) in [6, 6.07) is -3.62. The van der Waals surface area contributed by atoms with Gasteiger partial charge < -0.3 is 31.6 Å². The van der Waals surface area contributed by atoms with Crippen LogP contribution in [0.3, 0.4) is 0 Å². The summed E-state index contributed by atoms with van der Waals surface area (Å²) in [7, 11) is 0. The van der Waals surface area contributed by atoms with Gasteiger partial charge in [-0.2, -0.15) is 0 Å². The molecule has 1 aromatic rings. The number of carboxylic acids is 2. The molecule has 1 aromatic heterocycles. The zero-order valence-corrected chi connectivity index (χ0v) is 12.9. The molecule has 0 aromatic carbocycles. The highest BCUT2D eigenvalue weighted by molar-refractivity contribution is 5.92. The van der Waals surface area contributed by atoms with E-state index < -0.39 is 48.3 Å². The molecule has 0 bridgehead atoms. The van der Waals surface area contributed by atoms with Crippen LogP contribution in [0.5, 0.6) is 0 Å². The summed E-state index contributed by atoms with van der Waals surface area (Å²) in [5, 5.41) is 22.2. The molecule has 24 heavy (non-hydrogen) atoms. The van der Waals surface area contributed by atoms with Crippen molar-refractivity contribution < 1.29 is 29.4 Å². The minimum Gasteiger partial charge on any atom is -0.481 e. The first kappa shape index (κ1) is 19.1. The van der Waals surface area contributed by atoms with Crippen molar-refractivity contribution in [3.8, 4) is 0 Å². The number of aliphatic carboxylic acids is 2. The largest absolute Gasteiger partial charge is 0.481 e. The molecule has 0 spiro atoms. The fourth-order valence-electron chi connectivity index (χ4n) is 1.78. The molecule has 11 heteroatoms. The Morgan fingerprint density at radius 1 is 1.25 bits per heavy atom. The number of nitrogens with one attached hydrogen (secondary N) is 3. The minimum absolute atomic E-state index is 0.0379. The van der Waals surface area contributed by atoms with Crippen LogP contribution in [0, 0.1) is 0 Å². The summed E-state index contributed by atoms with van der Waals surface area (Å²) in [6.07, 6.45) is 2.25. The highest BCUT2D eigenvalue weighted by atomic mass is 16.4. The molecule has 1 heterocycles. The van der Waals surface area contributed by atoms with Crippen LogP contribution in [0.25, 0.3) is 0 Å². The predicted octanol–water partition coefficient (Wildman–Crippen LogP) is -2.17. The van der Waals surface area contributed by atoms with E-state index in [2.05, 4.69) is 20.6 Å². The number of nitrogens with two attached hydrogens (primary N) is 1. The third-order valence-electron chi connectivity index (χ3n) is 3.07. The fraction of sp³-hybridized carbons (Fsp3) is 0.462. The van der Waals surface area contributed by atoms with Gasteiger partial charge in [-0.3, -0.25) is 14.4 Å². The van der Waals surface area contributed by atoms with E-state index in [4.69, 9.17) is 15.9 Å². The fourth-order valence-corrected chi connectivity index (χ4v) is 1.78. The number of carboxylic acid groups (broad SMARTS) is 2. The zero-order valence-electron chi connectivity index (χ0n) is 12.9. The van der Waals surface area contributed by atoms with Gasteiger partial charge in [-0.1, -0.05) is 0 Å². The van der Waals surface area contributed by atoms with Gasteiger partial charge in [0.15, 0.2) is 0 Å². The van der Waals surface area contributed by atoms with Crippen molar-refractivity contribution in [3.63, 3.8) is 0 Å². The Balaban J connectivity index is 2.58. The monoisotopic (exact) mass is 341 g/mol. The van der Waals surface area contributed by atoms with Crippen LogP contribution in [-0.2, 0) is 25.6 Å². The molecule has 0 radical (unpaired) electrons. The second-order valence-corrected chi connectivity index (χ2v) is 5.10. The van der Waals surface area contributed by atoms with Gasteiger partial charge >= 0.3 is 11.9 Å². The summed E-state index contributed by atoms with van der Waals surface area (Å²) in [5.74, 6) is -4.07. The van der Waals surface area contributed by atoms with Crippen LogP contribution in [0.2, 0.25) is 0 Å². The third-order valence-corrected chi connectivity index (χ3v) is 3.07. The van der Waals surface area contributed by atoms with Gasteiger partial charge in [-0.15, -0.1) is 0 Å². The number of rotatable bonds is 9. The van der Waals surface area contributed by atoms with Crippen molar-refractivity contribution in [1.82, 2.24) is 20.6 Å². The van der Waals surface area contributed by atoms with Crippen molar-refractivity contribution in [3.05, 3.63) is 18.2 Å². The molecular formula is C13H19N5O6. The summed E-state index contributed by atoms with van der Waals surface area (Å²) in [4.78, 5) is 51.9. The Morgan fingerprint density at radius 3 is 2.42 bits per heavy atom. The van der Waals surface area contributed by atoms with Crippen molar-refractivity contribution in [2.45, 2.75) is 37.9 Å². The SMILES string of the molecule is C[C@H](NC(=O)[C@@H](N)CC(=O)O)C(=O)N[C@@H](Cc1c[nH]cn1)C(=O)O. The Morgan fingerprint density at radius 2 is 1.92 bits per heavy atom. The molecule has 11 nitrogen and oxygen atoms in total. The van der Waals surface area contributed by atoms with E-state index in [1.165, 1.54) is 19.4 Å². The molecule has 1 rings (SSSR count). The van der Waals surface area contributed by atoms with Crippen LogP contribution in [-0.4, -0.2) is 62.1 Å². The molecule has 0 saturated carbocycles. The molecular weight excluding hydrogens is 322 g/mol. The molecule has 0 unspecified atom stereocenters. The molecule has 0 aliphatic carbocycles. The van der Waals surface area contributed by atoms with Crippen LogP contribution >= 0.6 is 0 Å². The van der Waals surface area contributed by atoms with Gasteiger partial charge in [0.05, 0.1) is 24.5 Å². The predicted molar refractivity (Wildman–Crippen MR) is 79.7 cm³/mol. The number of imidazole rings is 1. The maximum Gasteiger partial charge on any atom is 0.326 e. The Bertz CT molecular complexity index is 602. The number of hydrogen-bond acceptors (Lipinski definition) is 6. The van der Waals surface area contributed by atoms with Gasteiger partial charge in [0.25, 0.3) is 0 Å². The molecule has 0 saturated heterocycles. The van der Waals surface area contributed by atoms with E-state index in [-0.39, 0.29) is 6.42 Å². The lowest BCUT2D eigenvalue weighted by Gasteiger charge is -2.19. The van der Waals surface area contributed by atoms with Crippen molar-refractivity contribution in [2.24, 2.45) is 5.73 Å². The maximum absolute atomic E-state index is 12.0. The number of carbonyl (C=O) groups excluding carboxylic acids is 2. The molecule has 2 amide bonds. The number of amides is 2. The standard InChI is InChI=1S/C13H19N5O6/c1-6(17-12(22)8(14)3-10(19)20)11(21)18-9(13(23)24)2-7-4-15-5-16-7/h4-6,8-9H,2-3,14H2,1H3,(H,15,16)(H,17,22)(H,18,21)(H,19,20)(H,23,24)/t6-,8-,9-/m0/s1. The highest BCUT2D eigenvalue weighted by Crippen LogP contribution is 2.00. The smallest absolute Gasteiger partial charge is 0.326 e. The second kappa shape index (κ2) is 8.62. The van der Waals surface area contributed by atoms with E-state index in [1.54, 1.807) is 0 Å². The summed E-state index contributed by atoms with van der Waals surface area (Å²) >= 11 is 0. The van der Waals surface area contributed by atoms with Gasteiger partial charge in [-0.05, 0) is 6.92 Å². The summed E-state index contributed by atoms with van der Waals surface area (Å²) in [5.41, 5.74) is 5.82. The normalized spacial score (nSPS) is 14.2. The molecule has 132 valence electrons. The first-order valence-corrected chi connectivity index (χ1v) is 6.99. The second-order valence-electron chi connectivity index (χ2n) is 5.10. The van der Waals surface area contributed by atoms with Gasteiger partial charge in [0.2, 0.25) is 11.8 Å². The van der Waals surface area contributed by atoms with Crippen molar-refractivity contribution >= 4 is 23.8 Å². The average Bonchev–Trinajstić information content (AvgIpc) is 2.98. The van der Waals surface area contributed by atoms with E-state index >= 15 is 0 Å². The van der Waals surface area contributed by atoms with E-state index in [1.807, 2.05) is 0 Å². The minimum atomic E-state index is -1.31. The first-order chi connectivity index (χ1) is 11.2. The Labute approximate surface area is 136 Å². The number of hydrogen-bond donors (Lipinski definition) is 6. The molecule has 3 atom stereocenters. The van der Waals surface area contributed by atoms with Crippen LogP contribution in [0.1, 0.15) is 19.0 Å². The quantitative estimate of drug-likeness (QED) is 0.292. The van der Waals surface area contributed by atoms with E-state index in [0.717, 1.165) is 0 Å². The highest BCUT2D eigenvalue weighted by Gasteiger charge is 2.26. The number of nitrogens with zero attached hydrogens (tertiary/aromatic N) is 1. The van der Waals surface area contributed by atoms with Gasteiger partial charge in [0, 0.05) is 12.6 Å².